The van der Waals surface area contributed by atoms with Crippen LogP contribution in [0.3, 0.4) is 0 Å². The molecule has 1 aromatic carbocycles. The van der Waals surface area contributed by atoms with Gasteiger partial charge in [0.25, 0.3) is 5.91 Å². The second-order valence-corrected chi connectivity index (χ2v) is 4.70. The number of benzene rings is 1. The third-order valence-electron chi connectivity index (χ3n) is 3.10. The van der Waals surface area contributed by atoms with Gasteiger partial charge in [0.15, 0.2) is 6.10 Å². The van der Waals surface area contributed by atoms with E-state index in [4.69, 9.17) is 9.47 Å². The van der Waals surface area contributed by atoms with Gasteiger partial charge in [0.1, 0.15) is 11.8 Å². The number of phenolic OH excluding ortho intramolecular Hbond substituents is 1. The summed E-state index contributed by atoms with van der Waals surface area (Å²) in [6.07, 6.45) is -0.657. The Morgan fingerprint density at radius 2 is 2.00 bits per heavy atom. The number of phenols is 1. The monoisotopic (exact) mass is 295 g/mol. The van der Waals surface area contributed by atoms with Crippen molar-refractivity contribution >= 4 is 11.9 Å². The fraction of sp³-hybridized carbons (Fsp3) is 0.429. The first kappa shape index (κ1) is 15.3. The number of rotatable bonds is 5. The molecule has 1 aromatic rings. The summed E-state index contributed by atoms with van der Waals surface area (Å²) in [5.74, 6) is -1.53. The Kier molecular flexibility index (Phi) is 5.13. The quantitative estimate of drug-likeness (QED) is 0.701. The number of ether oxygens (including phenoxy) is 2. The van der Waals surface area contributed by atoms with Gasteiger partial charge in [0.2, 0.25) is 0 Å². The van der Waals surface area contributed by atoms with Crippen LogP contribution < -0.4 is 5.32 Å². The topological polar surface area (TPSA) is 105 Å². The molecule has 0 spiro atoms. The molecule has 1 aliphatic heterocycles. The molecule has 7 heteroatoms. The summed E-state index contributed by atoms with van der Waals surface area (Å²) < 4.78 is 10.3. The molecular formula is C14H17NO6. The van der Waals surface area contributed by atoms with Gasteiger partial charge in [-0.3, -0.25) is 4.79 Å². The molecule has 1 saturated heterocycles. The summed E-state index contributed by atoms with van der Waals surface area (Å²) >= 11 is 0. The average Bonchev–Trinajstić information content (AvgIpc) is 2.49. The molecule has 2 rings (SSSR count). The highest BCUT2D eigenvalue weighted by atomic mass is 16.6. The molecule has 1 unspecified atom stereocenters. The number of carbonyl (C=O) groups is 2. The highest BCUT2D eigenvalue weighted by molar-refractivity contribution is 5.86. The van der Waals surface area contributed by atoms with Gasteiger partial charge < -0.3 is 25.0 Å². The molecule has 0 saturated carbocycles. The van der Waals surface area contributed by atoms with Crippen molar-refractivity contribution in [2.45, 2.75) is 18.6 Å². The third kappa shape index (κ3) is 4.44. The minimum Gasteiger partial charge on any atom is -0.508 e. The van der Waals surface area contributed by atoms with Crippen LogP contribution in [0, 0.1) is 0 Å². The van der Waals surface area contributed by atoms with Crippen molar-refractivity contribution in [2.75, 3.05) is 19.8 Å². The minimum absolute atomic E-state index is 0.0995. The van der Waals surface area contributed by atoms with Crippen molar-refractivity contribution in [1.82, 2.24) is 5.32 Å². The van der Waals surface area contributed by atoms with Gasteiger partial charge in [-0.15, -0.1) is 0 Å². The smallest absolute Gasteiger partial charge is 0.326 e. The maximum absolute atomic E-state index is 11.9. The van der Waals surface area contributed by atoms with Crippen LogP contribution in [0.25, 0.3) is 0 Å². The molecule has 0 bridgehead atoms. The van der Waals surface area contributed by atoms with Gasteiger partial charge >= 0.3 is 5.97 Å². The summed E-state index contributed by atoms with van der Waals surface area (Å²) in [5.41, 5.74) is 0.696. The van der Waals surface area contributed by atoms with Crippen LogP contribution in [0.1, 0.15) is 5.56 Å². The van der Waals surface area contributed by atoms with Gasteiger partial charge in [-0.25, -0.2) is 4.79 Å². The first-order valence-corrected chi connectivity index (χ1v) is 6.56. The van der Waals surface area contributed by atoms with Crippen LogP contribution in [0.2, 0.25) is 0 Å². The van der Waals surface area contributed by atoms with Gasteiger partial charge in [0, 0.05) is 6.42 Å². The number of aliphatic carboxylic acids is 1. The first-order valence-electron chi connectivity index (χ1n) is 6.56. The van der Waals surface area contributed by atoms with Crippen LogP contribution in [0.5, 0.6) is 5.75 Å². The number of carboxylic acids is 1. The van der Waals surface area contributed by atoms with Gasteiger partial charge in [-0.1, -0.05) is 12.1 Å². The predicted octanol–water partition coefficient (Wildman–Crippen LogP) is -0.0805. The fourth-order valence-corrected chi connectivity index (χ4v) is 1.97. The lowest BCUT2D eigenvalue weighted by Crippen LogP contribution is -2.50. The highest BCUT2D eigenvalue weighted by Crippen LogP contribution is 2.12. The Morgan fingerprint density at radius 3 is 2.57 bits per heavy atom. The van der Waals surface area contributed by atoms with E-state index in [9.17, 15) is 19.8 Å². The second-order valence-electron chi connectivity index (χ2n) is 4.70. The molecule has 1 heterocycles. The number of aromatic hydroxyl groups is 1. The van der Waals surface area contributed by atoms with Crippen molar-refractivity contribution in [3.63, 3.8) is 0 Å². The van der Waals surface area contributed by atoms with Crippen LogP contribution in [0.4, 0.5) is 0 Å². The molecule has 0 aliphatic carbocycles. The maximum Gasteiger partial charge on any atom is 0.326 e. The largest absolute Gasteiger partial charge is 0.508 e. The predicted molar refractivity (Wildman–Crippen MR) is 71.9 cm³/mol. The Labute approximate surface area is 121 Å². The van der Waals surface area contributed by atoms with E-state index >= 15 is 0 Å². The van der Waals surface area contributed by atoms with Crippen molar-refractivity contribution in [3.8, 4) is 5.75 Å². The van der Waals surface area contributed by atoms with Crippen LogP contribution >= 0.6 is 0 Å². The standard InChI is InChI=1S/C14H17NO6/c16-10-3-1-9(2-4-10)7-11(14(18)19)15-13(17)12-8-20-5-6-21-12/h1-4,11-12,16H,5-8H2,(H,15,17)(H,18,19)/t11-,12?/m0/s1. The van der Waals surface area contributed by atoms with Gasteiger partial charge in [0.05, 0.1) is 19.8 Å². The normalized spacial score (nSPS) is 19.7. The molecular weight excluding hydrogens is 278 g/mol. The zero-order chi connectivity index (χ0) is 15.2. The lowest BCUT2D eigenvalue weighted by molar-refractivity contribution is -0.152. The van der Waals surface area contributed by atoms with E-state index < -0.39 is 24.0 Å². The third-order valence-corrected chi connectivity index (χ3v) is 3.10. The van der Waals surface area contributed by atoms with Crippen molar-refractivity contribution in [3.05, 3.63) is 29.8 Å². The highest BCUT2D eigenvalue weighted by Gasteiger charge is 2.27. The van der Waals surface area contributed by atoms with E-state index in [0.717, 1.165) is 0 Å². The molecule has 0 radical (unpaired) electrons. The molecule has 114 valence electrons. The van der Waals surface area contributed by atoms with E-state index in [1.165, 1.54) is 12.1 Å². The minimum atomic E-state index is -1.13. The van der Waals surface area contributed by atoms with Gasteiger partial charge in [-0.05, 0) is 17.7 Å². The Hall–Kier alpha value is -2.12. The Morgan fingerprint density at radius 1 is 1.29 bits per heavy atom. The van der Waals surface area contributed by atoms with Crippen LogP contribution in [-0.4, -0.2) is 54.1 Å². The Balaban J connectivity index is 1.96. The van der Waals surface area contributed by atoms with E-state index in [1.54, 1.807) is 12.1 Å². The van der Waals surface area contributed by atoms with E-state index in [1.807, 2.05) is 0 Å². The molecule has 21 heavy (non-hydrogen) atoms. The second kappa shape index (κ2) is 7.05. The SMILES string of the molecule is O=C(N[C@@H](Cc1ccc(O)cc1)C(=O)O)C1COCCO1. The molecule has 7 nitrogen and oxygen atoms in total. The Bertz CT molecular complexity index is 495. The number of nitrogens with one attached hydrogen (secondary N) is 1. The molecule has 1 fully saturated rings. The zero-order valence-corrected chi connectivity index (χ0v) is 11.3. The fourth-order valence-electron chi connectivity index (χ4n) is 1.97. The lowest BCUT2D eigenvalue weighted by atomic mass is 10.1. The van der Waals surface area contributed by atoms with Crippen molar-refractivity contribution in [2.24, 2.45) is 0 Å². The zero-order valence-electron chi connectivity index (χ0n) is 11.3. The van der Waals surface area contributed by atoms with Crippen LogP contribution in [0.15, 0.2) is 24.3 Å². The summed E-state index contributed by atoms with van der Waals surface area (Å²) in [4.78, 5) is 23.2. The molecule has 0 aromatic heterocycles. The van der Waals surface area contributed by atoms with Crippen molar-refractivity contribution < 1.29 is 29.3 Å². The summed E-state index contributed by atoms with van der Waals surface area (Å²) in [6.45, 7) is 0.866. The maximum atomic E-state index is 11.9. The molecule has 2 atom stereocenters. The lowest BCUT2D eigenvalue weighted by Gasteiger charge is -2.24. The summed E-state index contributed by atoms with van der Waals surface area (Å²) in [6, 6.07) is 5.09. The van der Waals surface area contributed by atoms with E-state index in [0.29, 0.717) is 18.8 Å². The number of hydrogen-bond donors (Lipinski definition) is 3. The van der Waals surface area contributed by atoms with Crippen molar-refractivity contribution in [1.29, 1.82) is 0 Å². The number of carboxylic acid groups (broad SMARTS) is 1. The first-order chi connectivity index (χ1) is 10.1. The number of amides is 1. The molecule has 1 aliphatic rings. The number of carbonyl (C=O) groups excluding carboxylic acids is 1. The molecule has 1 amide bonds. The van der Waals surface area contributed by atoms with Crippen LogP contribution in [-0.2, 0) is 25.5 Å². The number of hydrogen-bond acceptors (Lipinski definition) is 5. The summed E-state index contributed by atoms with van der Waals surface area (Å²) in [7, 11) is 0. The van der Waals surface area contributed by atoms with E-state index in [-0.39, 0.29) is 18.8 Å². The average molecular weight is 295 g/mol. The van der Waals surface area contributed by atoms with Gasteiger partial charge in [-0.2, -0.15) is 0 Å². The van der Waals surface area contributed by atoms with E-state index in [2.05, 4.69) is 5.32 Å². The molecule has 3 N–H and O–H groups in total. The summed E-state index contributed by atoms with van der Waals surface area (Å²) in [5, 5.41) is 20.8.